The second kappa shape index (κ2) is 10.7. The van der Waals surface area contributed by atoms with E-state index in [1.807, 2.05) is 49.1 Å². The van der Waals surface area contributed by atoms with Crippen molar-refractivity contribution < 1.29 is 19.4 Å². The van der Waals surface area contributed by atoms with Gasteiger partial charge in [0.25, 0.3) is 0 Å². The Morgan fingerprint density at radius 2 is 2.00 bits per heavy atom. The molecule has 168 valence electrons. The Hall–Kier alpha value is -1.79. The highest BCUT2D eigenvalue weighted by atomic mass is 35.5. The number of rotatable bonds is 8. The van der Waals surface area contributed by atoms with Gasteiger partial charge in [-0.2, -0.15) is 0 Å². The van der Waals surface area contributed by atoms with Crippen LogP contribution in [0.1, 0.15) is 37.8 Å². The van der Waals surface area contributed by atoms with Crippen LogP contribution >= 0.6 is 23.2 Å². The van der Waals surface area contributed by atoms with Gasteiger partial charge in [0.1, 0.15) is 11.4 Å². The van der Waals surface area contributed by atoms with Gasteiger partial charge >= 0.3 is 0 Å². The van der Waals surface area contributed by atoms with Gasteiger partial charge in [-0.05, 0) is 62.1 Å². The van der Waals surface area contributed by atoms with Crippen LogP contribution in [0.25, 0.3) is 0 Å². The largest absolute Gasteiger partial charge is 0.491 e. The van der Waals surface area contributed by atoms with Crippen molar-refractivity contribution in [1.29, 1.82) is 0 Å². The van der Waals surface area contributed by atoms with E-state index < -0.39 is 5.60 Å². The standard InChI is InChI=1S/C24H29Cl2NO4/c1-17(2)31-20-6-3-5-18(13-20)14-23(29)27-10-4-9-24(16-27,30-12-11-28)19-7-8-21(25)22(26)15-19/h3,5-8,13,15,17,28H,4,9-12,14,16H2,1-2H3. The van der Waals surface area contributed by atoms with Gasteiger partial charge in [0.15, 0.2) is 0 Å². The third kappa shape index (κ3) is 6.13. The van der Waals surface area contributed by atoms with Crippen LogP contribution in [-0.2, 0) is 21.6 Å². The summed E-state index contributed by atoms with van der Waals surface area (Å²) in [6.45, 7) is 5.08. The Morgan fingerprint density at radius 3 is 2.71 bits per heavy atom. The van der Waals surface area contributed by atoms with Gasteiger partial charge in [0, 0.05) is 6.54 Å². The molecule has 1 aliphatic heterocycles. The summed E-state index contributed by atoms with van der Waals surface area (Å²) in [5, 5.41) is 10.3. The molecular formula is C24H29Cl2NO4. The van der Waals surface area contributed by atoms with Crippen molar-refractivity contribution in [3.8, 4) is 5.75 Å². The van der Waals surface area contributed by atoms with Crippen molar-refractivity contribution in [2.45, 2.75) is 44.8 Å². The molecule has 0 spiro atoms. The number of aliphatic hydroxyl groups excluding tert-OH is 1. The molecule has 3 rings (SSSR count). The van der Waals surface area contributed by atoms with Gasteiger partial charge in [-0.3, -0.25) is 4.79 Å². The summed E-state index contributed by atoms with van der Waals surface area (Å²) in [6.07, 6.45) is 1.87. The minimum Gasteiger partial charge on any atom is -0.491 e. The van der Waals surface area contributed by atoms with Gasteiger partial charge in [-0.25, -0.2) is 0 Å². The van der Waals surface area contributed by atoms with Crippen molar-refractivity contribution >= 4 is 29.1 Å². The molecule has 1 aliphatic rings. The fraction of sp³-hybridized carbons (Fsp3) is 0.458. The van der Waals surface area contributed by atoms with Gasteiger partial charge in [-0.1, -0.05) is 41.4 Å². The van der Waals surface area contributed by atoms with Crippen molar-refractivity contribution in [2.24, 2.45) is 0 Å². The average molecular weight is 466 g/mol. The van der Waals surface area contributed by atoms with E-state index in [2.05, 4.69) is 0 Å². The molecule has 2 aromatic rings. The van der Waals surface area contributed by atoms with E-state index in [9.17, 15) is 9.90 Å². The summed E-state index contributed by atoms with van der Waals surface area (Å²) >= 11 is 12.4. The third-order valence-corrected chi connectivity index (χ3v) is 6.09. The molecule has 0 aliphatic carbocycles. The van der Waals surface area contributed by atoms with Gasteiger partial charge in [-0.15, -0.1) is 0 Å². The van der Waals surface area contributed by atoms with E-state index in [4.69, 9.17) is 32.7 Å². The van der Waals surface area contributed by atoms with Gasteiger partial charge in [0.05, 0.1) is 42.3 Å². The van der Waals surface area contributed by atoms with E-state index >= 15 is 0 Å². The van der Waals surface area contributed by atoms with Crippen molar-refractivity contribution in [3.63, 3.8) is 0 Å². The van der Waals surface area contributed by atoms with Crippen LogP contribution < -0.4 is 4.74 Å². The lowest BCUT2D eigenvalue weighted by atomic mass is 9.85. The van der Waals surface area contributed by atoms with E-state index in [1.54, 1.807) is 12.1 Å². The highest BCUT2D eigenvalue weighted by Gasteiger charge is 2.40. The molecule has 1 fully saturated rings. The Kier molecular flexibility index (Phi) is 8.23. The van der Waals surface area contributed by atoms with Gasteiger partial charge < -0.3 is 19.5 Å². The number of aliphatic hydroxyl groups is 1. The summed E-state index contributed by atoms with van der Waals surface area (Å²) in [4.78, 5) is 15.0. The molecule has 1 heterocycles. The van der Waals surface area contributed by atoms with Crippen molar-refractivity contribution in [3.05, 3.63) is 63.6 Å². The molecule has 1 N–H and O–H groups in total. The number of amides is 1. The summed E-state index contributed by atoms with van der Waals surface area (Å²) in [5.41, 5.74) is 1.04. The molecule has 0 bridgehead atoms. The molecule has 0 aromatic heterocycles. The monoisotopic (exact) mass is 465 g/mol. The second-order valence-corrected chi connectivity index (χ2v) is 8.92. The first kappa shape index (κ1) is 23.9. The molecule has 5 nitrogen and oxygen atoms in total. The first-order chi connectivity index (χ1) is 14.8. The van der Waals surface area contributed by atoms with Gasteiger partial charge in [0.2, 0.25) is 5.91 Å². The third-order valence-electron chi connectivity index (χ3n) is 5.35. The maximum atomic E-state index is 13.1. The predicted molar refractivity (Wildman–Crippen MR) is 123 cm³/mol. The van der Waals surface area contributed by atoms with Crippen molar-refractivity contribution in [2.75, 3.05) is 26.3 Å². The van der Waals surface area contributed by atoms with E-state index in [0.717, 1.165) is 29.7 Å². The number of ether oxygens (including phenoxy) is 2. The highest BCUT2D eigenvalue weighted by molar-refractivity contribution is 6.42. The molecular weight excluding hydrogens is 437 g/mol. The zero-order valence-corrected chi connectivity index (χ0v) is 19.5. The maximum Gasteiger partial charge on any atom is 0.227 e. The van der Waals surface area contributed by atoms with E-state index in [0.29, 0.717) is 23.1 Å². The maximum absolute atomic E-state index is 13.1. The first-order valence-electron chi connectivity index (χ1n) is 10.6. The number of hydrogen-bond donors (Lipinski definition) is 1. The van der Waals surface area contributed by atoms with Crippen LogP contribution in [0.3, 0.4) is 0 Å². The average Bonchev–Trinajstić information content (AvgIpc) is 2.74. The highest BCUT2D eigenvalue weighted by Crippen LogP contribution is 2.38. The molecule has 31 heavy (non-hydrogen) atoms. The zero-order chi connectivity index (χ0) is 22.4. The molecule has 1 atom stereocenters. The molecule has 0 saturated carbocycles. The van der Waals surface area contributed by atoms with Crippen LogP contribution in [0.15, 0.2) is 42.5 Å². The number of halogens is 2. The van der Waals surface area contributed by atoms with Crippen LogP contribution in [0, 0.1) is 0 Å². The minimum absolute atomic E-state index is 0.0263. The molecule has 1 unspecified atom stereocenters. The molecule has 1 amide bonds. The van der Waals surface area contributed by atoms with E-state index in [1.165, 1.54) is 0 Å². The summed E-state index contributed by atoms with van der Waals surface area (Å²) < 4.78 is 11.9. The van der Waals surface area contributed by atoms with Crippen LogP contribution in [0.2, 0.25) is 10.0 Å². The Balaban J connectivity index is 1.79. The minimum atomic E-state index is -0.729. The Morgan fingerprint density at radius 1 is 1.19 bits per heavy atom. The first-order valence-corrected chi connectivity index (χ1v) is 11.3. The molecule has 1 saturated heterocycles. The lowest BCUT2D eigenvalue weighted by Crippen LogP contribution is -2.50. The lowest BCUT2D eigenvalue weighted by Gasteiger charge is -2.43. The number of piperidine rings is 1. The smallest absolute Gasteiger partial charge is 0.227 e. The fourth-order valence-corrected chi connectivity index (χ4v) is 4.28. The number of benzene rings is 2. The summed E-state index contributed by atoms with van der Waals surface area (Å²) in [5.74, 6) is 0.786. The quantitative estimate of drug-likeness (QED) is 0.605. The number of carbonyl (C=O) groups is 1. The van der Waals surface area contributed by atoms with Crippen LogP contribution in [0.4, 0.5) is 0 Å². The molecule has 0 radical (unpaired) electrons. The molecule has 2 aromatic carbocycles. The SMILES string of the molecule is CC(C)Oc1cccc(CC(=O)N2CCCC(OCCO)(c3ccc(Cl)c(Cl)c3)C2)c1. The van der Waals surface area contributed by atoms with Crippen LogP contribution in [-0.4, -0.2) is 48.3 Å². The summed E-state index contributed by atoms with van der Waals surface area (Å²) in [7, 11) is 0. The number of hydrogen-bond acceptors (Lipinski definition) is 4. The predicted octanol–water partition coefficient (Wildman–Crippen LogP) is 4.85. The fourth-order valence-electron chi connectivity index (χ4n) is 3.98. The zero-order valence-electron chi connectivity index (χ0n) is 17.9. The van der Waals surface area contributed by atoms with Crippen LogP contribution in [0.5, 0.6) is 5.75 Å². The summed E-state index contributed by atoms with van der Waals surface area (Å²) in [6, 6.07) is 13.1. The Bertz CT molecular complexity index is 905. The Labute approximate surface area is 193 Å². The second-order valence-electron chi connectivity index (χ2n) is 8.10. The lowest BCUT2D eigenvalue weighted by molar-refractivity contribution is -0.145. The number of nitrogens with zero attached hydrogens (tertiary/aromatic N) is 1. The topological polar surface area (TPSA) is 59.0 Å². The van der Waals surface area contributed by atoms with Crippen molar-refractivity contribution in [1.82, 2.24) is 4.90 Å². The molecule has 7 heteroatoms. The number of carbonyl (C=O) groups excluding carboxylic acids is 1. The van der Waals surface area contributed by atoms with E-state index in [-0.39, 0.29) is 31.6 Å². The normalized spacial score (nSPS) is 19.0. The number of likely N-dealkylation sites (tertiary alicyclic amines) is 1.